The monoisotopic (exact) mass is 390 g/mol. The van der Waals surface area contributed by atoms with E-state index < -0.39 is 5.60 Å². The topological polar surface area (TPSA) is 75.3 Å². The standard InChI is InChI=1S/C23H26N4O2/c28-23(17-8-2-1-3-9-17)13-15-27(20-12-5-4-10-18(20)23)16-21-25-22(26-29-21)19-11-6-7-14-24-19/h1-3,6-9,11,14,18,20,28H,4-5,10,12-13,15-16H2/t18-,20-,23+/m1/s1. The molecule has 0 unspecified atom stereocenters. The molecule has 0 spiro atoms. The number of piperidine rings is 1. The first-order valence-electron chi connectivity index (χ1n) is 10.5. The van der Waals surface area contributed by atoms with Crippen molar-refractivity contribution in [3.8, 4) is 11.5 Å². The minimum atomic E-state index is -0.753. The smallest absolute Gasteiger partial charge is 0.241 e. The molecular formula is C23H26N4O2. The zero-order valence-corrected chi connectivity index (χ0v) is 16.4. The van der Waals surface area contributed by atoms with Crippen LogP contribution >= 0.6 is 0 Å². The van der Waals surface area contributed by atoms with E-state index in [0.717, 1.165) is 37.1 Å². The predicted octanol–water partition coefficient (Wildman–Crippen LogP) is 3.78. The summed E-state index contributed by atoms with van der Waals surface area (Å²) in [4.78, 5) is 11.3. The predicted molar refractivity (Wildman–Crippen MR) is 109 cm³/mol. The Bertz CT molecular complexity index is 946. The van der Waals surface area contributed by atoms with E-state index >= 15 is 0 Å². The lowest BCUT2D eigenvalue weighted by Gasteiger charge is -2.52. The maximum absolute atomic E-state index is 11.7. The van der Waals surface area contributed by atoms with Gasteiger partial charge in [0.15, 0.2) is 0 Å². The molecule has 1 N–H and O–H groups in total. The van der Waals surface area contributed by atoms with Crippen molar-refractivity contribution in [2.75, 3.05) is 6.54 Å². The maximum Gasteiger partial charge on any atom is 0.241 e. The van der Waals surface area contributed by atoms with Gasteiger partial charge in [-0.15, -0.1) is 0 Å². The minimum Gasteiger partial charge on any atom is -0.385 e. The average molecular weight is 390 g/mol. The molecule has 1 aliphatic heterocycles. The molecule has 3 atom stereocenters. The number of aliphatic hydroxyl groups is 1. The molecule has 29 heavy (non-hydrogen) atoms. The van der Waals surface area contributed by atoms with Crippen molar-refractivity contribution in [3.63, 3.8) is 0 Å². The second kappa shape index (κ2) is 7.69. The van der Waals surface area contributed by atoms with Crippen LogP contribution in [0.4, 0.5) is 0 Å². The van der Waals surface area contributed by atoms with Gasteiger partial charge in [-0.1, -0.05) is 54.4 Å². The maximum atomic E-state index is 11.7. The van der Waals surface area contributed by atoms with Gasteiger partial charge in [-0.2, -0.15) is 4.98 Å². The van der Waals surface area contributed by atoms with Crippen LogP contribution in [0.15, 0.2) is 59.3 Å². The van der Waals surface area contributed by atoms with Crippen molar-refractivity contribution in [1.82, 2.24) is 20.0 Å². The molecule has 1 aliphatic carbocycles. The first kappa shape index (κ1) is 18.5. The minimum absolute atomic E-state index is 0.227. The van der Waals surface area contributed by atoms with E-state index in [4.69, 9.17) is 4.52 Å². The molecule has 6 heteroatoms. The summed E-state index contributed by atoms with van der Waals surface area (Å²) in [6, 6.07) is 16.2. The molecule has 6 nitrogen and oxygen atoms in total. The van der Waals surface area contributed by atoms with Gasteiger partial charge in [0.2, 0.25) is 11.7 Å². The van der Waals surface area contributed by atoms with E-state index in [1.54, 1.807) is 6.20 Å². The van der Waals surface area contributed by atoms with Crippen LogP contribution in [-0.4, -0.2) is 37.7 Å². The Morgan fingerprint density at radius 1 is 1.07 bits per heavy atom. The molecule has 1 saturated heterocycles. The van der Waals surface area contributed by atoms with Crippen LogP contribution in [0.3, 0.4) is 0 Å². The lowest BCUT2D eigenvalue weighted by atomic mass is 9.66. The molecule has 3 aromatic rings. The van der Waals surface area contributed by atoms with E-state index in [9.17, 15) is 5.11 Å². The zero-order valence-electron chi connectivity index (χ0n) is 16.4. The Labute approximate surface area is 170 Å². The largest absolute Gasteiger partial charge is 0.385 e. The molecule has 0 amide bonds. The lowest BCUT2D eigenvalue weighted by molar-refractivity contribution is -0.124. The number of aromatic nitrogens is 3. The van der Waals surface area contributed by atoms with Gasteiger partial charge in [-0.05, 0) is 37.0 Å². The fourth-order valence-electron chi connectivity index (χ4n) is 5.14. The highest BCUT2D eigenvalue weighted by atomic mass is 16.5. The third-order valence-corrected chi connectivity index (χ3v) is 6.57. The Morgan fingerprint density at radius 3 is 2.72 bits per heavy atom. The first-order chi connectivity index (χ1) is 14.2. The highest BCUT2D eigenvalue weighted by Crippen LogP contribution is 2.47. The van der Waals surface area contributed by atoms with Crippen molar-refractivity contribution >= 4 is 0 Å². The number of hydrogen-bond donors (Lipinski definition) is 1. The number of pyridine rings is 1. The Hall–Kier alpha value is -2.57. The Balaban J connectivity index is 1.37. The van der Waals surface area contributed by atoms with Crippen LogP contribution < -0.4 is 0 Å². The quantitative estimate of drug-likeness (QED) is 0.731. The van der Waals surface area contributed by atoms with Gasteiger partial charge in [-0.3, -0.25) is 9.88 Å². The SMILES string of the molecule is O[C@]1(c2ccccc2)CCN(Cc2nc(-c3ccccn3)no2)[C@@H]2CCCC[C@H]21. The number of benzene rings is 1. The van der Waals surface area contributed by atoms with Crippen LogP contribution in [0.1, 0.15) is 43.6 Å². The summed E-state index contributed by atoms with van der Waals surface area (Å²) in [7, 11) is 0. The highest BCUT2D eigenvalue weighted by Gasteiger charge is 2.49. The van der Waals surface area contributed by atoms with Crippen molar-refractivity contribution in [1.29, 1.82) is 0 Å². The number of rotatable bonds is 4. The van der Waals surface area contributed by atoms with Crippen LogP contribution in [0.5, 0.6) is 0 Å². The van der Waals surface area contributed by atoms with Gasteiger partial charge >= 0.3 is 0 Å². The van der Waals surface area contributed by atoms with Crippen LogP contribution in [0.25, 0.3) is 11.5 Å². The van der Waals surface area contributed by atoms with E-state index in [0.29, 0.717) is 24.3 Å². The second-order valence-electron chi connectivity index (χ2n) is 8.20. The molecule has 2 aliphatic rings. The van der Waals surface area contributed by atoms with Gasteiger partial charge in [0.1, 0.15) is 5.69 Å². The summed E-state index contributed by atoms with van der Waals surface area (Å²) in [5, 5.41) is 15.8. The molecule has 150 valence electrons. The van der Waals surface area contributed by atoms with E-state index in [-0.39, 0.29) is 5.92 Å². The zero-order chi connectivity index (χ0) is 19.7. The summed E-state index contributed by atoms with van der Waals surface area (Å²) in [5.41, 5.74) is 1.01. The van der Waals surface area contributed by atoms with Crippen LogP contribution in [0.2, 0.25) is 0 Å². The molecule has 2 aromatic heterocycles. The summed E-state index contributed by atoms with van der Waals surface area (Å²) < 4.78 is 5.53. The summed E-state index contributed by atoms with van der Waals surface area (Å²) in [6.45, 7) is 1.43. The Kier molecular flexibility index (Phi) is 4.89. The first-order valence-corrected chi connectivity index (χ1v) is 10.5. The summed E-state index contributed by atoms with van der Waals surface area (Å²) in [5.74, 6) is 1.37. The molecular weight excluding hydrogens is 364 g/mol. The molecule has 3 heterocycles. The molecule has 0 radical (unpaired) electrons. The van der Waals surface area contributed by atoms with E-state index in [2.05, 4.69) is 32.2 Å². The van der Waals surface area contributed by atoms with E-state index in [1.165, 1.54) is 12.8 Å². The summed E-state index contributed by atoms with van der Waals surface area (Å²) >= 11 is 0. The molecule has 5 rings (SSSR count). The molecule has 1 saturated carbocycles. The fraction of sp³-hybridized carbons (Fsp3) is 0.435. The number of fused-ring (bicyclic) bond motifs is 1. The highest BCUT2D eigenvalue weighted by molar-refractivity contribution is 5.47. The number of nitrogens with zero attached hydrogens (tertiary/aromatic N) is 4. The normalized spacial score (nSPS) is 27.5. The third kappa shape index (κ3) is 3.47. The van der Waals surface area contributed by atoms with Crippen molar-refractivity contribution in [2.24, 2.45) is 5.92 Å². The van der Waals surface area contributed by atoms with Gasteiger partial charge in [0, 0.05) is 24.7 Å². The molecule has 1 aromatic carbocycles. The molecule has 0 bridgehead atoms. The number of hydrogen-bond acceptors (Lipinski definition) is 6. The number of likely N-dealkylation sites (tertiary alicyclic amines) is 1. The van der Waals surface area contributed by atoms with Crippen LogP contribution in [0, 0.1) is 5.92 Å². The average Bonchev–Trinajstić information content (AvgIpc) is 3.26. The van der Waals surface area contributed by atoms with Crippen molar-refractivity contribution in [2.45, 2.75) is 50.3 Å². The molecule has 2 fully saturated rings. The van der Waals surface area contributed by atoms with Gasteiger partial charge < -0.3 is 9.63 Å². The van der Waals surface area contributed by atoms with Crippen molar-refractivity contribution in [3.05, 3.63) is 66.2 Å². The lowest BCUT2D eigenvalue weighted by Crippen LogP contribution is -2.57. The van der Waals surface area contributed by atoms with Gasteiger partial charge in [0.25, 0.3) is 0 Å². The fourth-order valence-corrected chi connectivity index (χ4v) is 5.14. The Morgan fingerprint density at radius 2 is 1.90 bits per heavy atom. The van der Waals surface area contributed by atoms with Gasteiger partial charge in [0.05, 0.1) is 12.1 Å². The van der Waals surface area contributed by atoms with Crippen molar-refractivity contribution < 1.29 is 9.63 Å². The van der Waals surface area contributed by atoms with E-state index in [1.807, 2.05) is 36.4 Å². The van der Waals surface area contributed by atoms with Gasteiger partial charge in [-0.25, -0.2) is 0 Å². The third-order valence-electron chi connectivity index (χ3n) is 6.57. The summed E-state index contributed by atoms with van der Waals surface area (Å²) in [6.07, 6.45) is 6.98. The van der Waals surface area contributed by atoms with Crippen LogP contribution in [-0.2, 0) is 12.1 Å². The second-order valence-corrected chi connectivity index (χ2v) is 8.20.